The van der Waals surface area contributed by atoms with Gasteiger partial charge in [-0.05, 0) is 97.4 Å². The highest BCUT2D eigenvalue weighted by atomic mass is 35.5. The molecule has 7 heteroatoms. The van der Waals surface area contributed by atoms with E-state index in [1.165, 1.54) is 0 Å². The van der Waals surface area contributed by atoms with Crippen LogP contribution in [0.2, 0.25) is 5.02 Å². The fourth-order valence-corrected chi connectivity index (χ4v) is 6.62. The summed E-state index contributed by atoms with van der Waals surface area (Å²) in [5.74, 6) is 0.0802. The number of nitrogens with zero attached hydrogens (tertiary/aromatic N) is 2. The van der Waals surface area contributed by atoms with E-state index in [-0.39, 0.29) is 17.9 Å². The lowest BCUT2D eigenvalue weighted by molar-refractivity contribution is -0.130. The summed E-state index contributed by atoms with van der Waals surface area (Å²) in [5.41, 5.74) is 9.16. The Hall–Kier alpha value is -3.54. The number of pyridine rings is 1. The molecule has 0 aliphatic heterocycles. The number of halogens is 1. The van der Waals surface area contributed by atoms with Crippen molar-refractivity contribution in [1.82, 2.24) is 14.6 Å². The molecule has 1 N–H and O–H groups in total. The molecule has 0 spiro atoms. The van der Waals surface area contributed by atoms with E-state index < -0.39 is 11.0 Å². The summed E-state index contributed by atoms with van der Waals surface area (Å²) in [7, 11) is -1.44. The molecule has 5 nitrogen and oxygen atoms in total. The maximum absolute atomic E-state index is 14.0. The summed E-state index contributed by atoms with van der Waals surface area (Å²) in [6, 6.07) is 23.0. The zero-order valence-corrected chi connectivity index (χ0v) is 24.9. The molecule has 0 bridgehead atoms. The van der Waals surface area contributed by atoms with Crippen LogP contribution >= 0.6 is 11.6 Å². The largest absolute Gasteiger partial charge is 0.306 e. The average Bonchev–Trinajstić information content (AvgIpc) is 3.19. The van der Waals surface area contributed by atoms with E-state index in [2.05, 4.69) is 35.6 Å². The predicted octanol–water partition coefficient (Wildman–Crippen LogP) is 7.34. The number of rotatable bonds is 9. The number of hydrogen-bond acceptors (Lipinski definition) is 3. The maximum atomic E-state index is 14.0. The van der Waals surface area contributed by atoms with E-state index in [0.717, 1.165) is 53.1 Å². The van der Waals surface area contributed by atoms with Gasteiger partial charge in [0.15, 0.2) is 0 Å². The van der Waals surface area contributed by atoms with Crippen molar-refractivity contribution in [3.63, 3.8) is 0 Å². The highest BCUT2D eigenvalue weighted by Gasteiger charge is 2.28. The lowest BCUT2D eigenvalue weighted by atomic mass is 9.86. The van der Waals surface area contributed by atoms with Gasteiger partial charge in [0, 0.05) is 28.9 Å². The molecule has 0 radical (unpaired) electrons. The number of benzene rings is 2. The van der Waals surface area contributed by atoms with Gasteiger partial charge in [0.2, 0.25) is 5.91 Å². The molecule has 3 atom stereocenters. The topological polar surface area (TPSA) is 62.3 Å². The Morgan fingerprint density at radius 2 is 1.95 bits per heavy atom. The number of nitrogens with one attached hydrogen (secondary N) is 1. The van der Waals surface area contributed by atoms with E-state index in [0.29, 0.717) is 22.9 Å². The highest BCUT2D eigenvalue weighted by Crippen LogP contribution is 2.33. The summed E-state index contributed by atoms with van der Waals surface area (Å²) < 4.78 is 16.6. The first kappa shape index (κ1) is 29.0. The number of carbonyl (C=O) groups excluding carboxylic acids is 1. The molecule has 1 amide bonds. The lowest BCUT2D eigenvalue weighted by Crippen LogP contribution is -2.36. The second kappa shape index (κ2) is 13.4. The van der Waals surface area contributed by atoms with Crippen molar-refractivity contribution in [2.24, 2.45) is 0 Å². The second-order valence-corrected chi connectivity index (χ2v) is 12.2. The van der Waals surface area contributed by atoms with Gasteiger partial charge >= 0.3 is 0 Å². The van der Waals surface area contributed by atoms with Crippen molar-refractivity contribution in [1.29, 1.82) is 0 Å². The standard InChI is InChI=1S/C34H34ClN3O2S/c1-24(26-11-4-3-5-12-26)20-34(39)38(23-29-16-6-10-25(2)36-29)30-17-7-13-27-14-8-19-33(32(27)22-30)37-41(40)31-18-9-15-28(35)21-31/h3-7,9-12,15-18,21-22,24,33,37H,8,14,19-20,23H2,1-2H3/t24-,33?,41?/m0/s1. The number of hydrogen-bond donors (Lipinski definition) is 1. The van der Waals surface area contributed by atoms with Gasteiger partial charge < -0.3 is 4.90 Å². The lowest BCUT2D eigenvalue weighted by Gasteiger charge is -2.30. The first-order valence-corrected chi connectivity index (χ1v) is 15.5. The molecule has 5 rings (SSSR count). The van der Waals surface area contributed by atoms with Gasteiger partial charge in [0.1, 0.15) is 11.0 Å². The quantitative estimate of drug-likeness (QED) is 0.268. The van der Waals surface area contributed by atoms with Crippen LogP contribution in [-0.2, 0) is 22.3 Å². The van der Waals surface area contributed by atoms with Gasteiger partial charge in [0.25, 0.3) is 0 Å². The number of fused-ring (bicyclic) bond motifs is 1. The van der Waals surface area contributed by atoms with Crippen molar-refractivity contribution in [3.05, 3.63) is 136 Å². The number of amides is 1. The van der Waals surface area contributed by atoms with Gasteiger partial charge in [-0.15, -0.1) is 5.73 Å². The molecular formula is C34H34ClN3O2S. The van der Waals surface area contributed by atoms with Crippen LogP contribution in [0.4, 0.5) is 0 Å². The van der Waals surface area contributed by atoms with Crippen molar-refractivity contribution in [2.75, 3.05) is 0 Å². The Balaban J connectivity index is 1.45. The molecule has 3 aromatic rings. The summed E-state index contributed by atoms with van der Waals surface area (Å²) in [4.78, 5) is 21.1. The number of aromatic nitrogens is 1. The molecule has 210 valence electrons. The zero-order valence-electron chi connectivity index (χ0n) is 23.3. The van der Waals surface area contributed by atoms with Crippen molar-refractivity contribution in [2.45, 2.75) is 62.9 Å². The molecule has 1 saturated carbocycles. The van der Waals surface area contributed by atoms with Crippen LogP contribution in [0.1, 0.15) is 55.5 Å². The van der Waals surface area contributed by atoms with Crippen LogP contribution in [0.15, 0.2) is 118 Å². The summed E-state index contributed by atoms with van der Waals surface area (Å²) in [6.07, 6.45) is 8.94. The minimum atomic E-state index is -1.44. The number of aryl methyl sites for hydroxylation is 1. The molecule has 41 heavy (non-hydrogen) atoms. The third kappa shape index (κ3) is 7.41. The zero-order chi connectivity index (χ0) is 28.8. The van der Waals surface area contributed by atoms with Crippen LogP contribution in [0, 0.1) is 6.92 Å². The minimum absolute atomic E-state index is 0.0208. The summed E-state index contributed by atoms with van der Waals surface area (Å²) in [6.45, 7) is 4.40. The smallest absolute Gasteiger partial charge is 0.227 e. The molecule has 2 aliphatic rings. The Bertz CT molecular complexity index is 1570. The van der Waals surface area contributed by atoms with E-state index in [9.17, 15) is 9.00 Å². The fourth-order valence-electron chi connectivity index (χ4n) is 5.29. The number of allylic oxidation sites excluding steroid dienone is 2. The van der Waals surface area contributed by atoms with Gasteiger partial charge in [-0.25, -0.2) is 8.93 Å². The Morgan fingerprint density at radius 1 is 1.15 bits per heavy atom. The van der Waals surface area contributed by atoms with Crippen molar-refractivity contribution >= 4 is 28.5 Å². The SMILES string of the molecule is Cc1cccc(CN(C(=O)C[C@H](C)c2ccccc2)C2=CC=C=C3CCCC(NS(=O)c4cccc(Cl)c4)C3=C2)n1. The Kier molecular flexibility index (Phi) is 9.48. The van der Waals surface area contributed by atoms with Crippen LogP contribution in [0.25, 0.3) is 0 Å². The maximum Gasteiger partial charge on any atom is 0.227 e. The monoisotopic (exact) mass is 583 g/mol. The van der Waals surface area contributed by atoms with Crippen LogP contribution in [-0.4, -0.2) is 26.0 Å². The molecule has 0 saturated heterocycles. The third-order valence-electron chi connectivity index (χ3n) is 7.45. The third-order valence-corrected chi connectivity index (χ3v) is 8.86. The molecule has 1 aromatic heterocycles. The van der Waals surface area contributed by atoms with E-state index in [4.69, 9.17) is 16.6 Å². The average molecular weight is 584 g/mol. The molecule has 1 heterocycles. The van der Waals surface area contributed by atoms with Crippen LogP contribution in [0.5, 0.6) is 0 Å². The van der Waals surface area contributed by atoms with E-state index >= 15 is 0 Å². The molecule has 2 aromatic carbocycles. The van der Waals surface area contributed by atoms with Crippen LogP contribution < -0.4 is 4.72 Å². The molecule has 1 fully saturated rings. The minimum Gasteiger partial charge on any atom is -0.306 e. The van der Waals surface area contributed by atoms with Gasteiger partial charge in [-0.3, -0.25) is 9.78 Å². The van der Waals surface area contributed by atoms with Crippen molar-refractivity contribution in [3.8, 4) is 0 Å². The van der Waals surface area contributed by atoms with Crippen molar-refractivity contribution < 1.29 is 9.00 Å². The summed E-state index contributed by atoms with van der Waals surface area (Å²) >= 11 is 6.16. The van der Waals surface area contributed by atoms with Gasteiger partial charge in [0.05, 0.1) is 17.1 Å². The summed E-state index contributed by atoms with van der Waals surface area (Å²) in [5, 5.41) is 0.548. The molecular weight excluding hydrogens is 550 g/mol. The van der Waals surface area contributed by atoms with Gasteiger partial charge in [-0.2, -0.15) is 0 Å². The van der Waals surface area contributed by atoms with E-state index in [1.807, 2.05) is 66.4 Å². The van der Waals surface area contributed by atoms with E-state index in [1.54, 1.807) is 18.2 Å². The Morgan fingerprint density at radius 3 is 2.73 bits per heavy atom. The molecule has 2 unspecified atom stereocenters. The Labute approximate surface area is 249 Å². The fraction of sp³-hybridized carbons (Fsp3) is 0.265. The van der Waals surface area contributed by atoms with Crippen LogP contribution in [0.3, 0.4) is 0 Å². The highest BCUT2D eigenvalue weighted by molar-refractivity contribution is 7.83. The first-order chi connectivity index (χ1) is 19.9. The predicted molar refractivity (Wildman–Crippen MR) is 165 cm³/mol. The second-order valence-electron chi connectivity index (χ2n) is 10.5. The molecule has 2 aliphatic carbocycles. The number of carbonyl (C=O) groups is 1. The first-order valence-electron chi connectivity index (χ1n) is 14.0. The normalized spacial score (nSPS) is 17.8. The van der Waals surface area contributed by atoms with Gasteiger partial charge in [-0.1, -0.05) is 61.0 Å².